The Hall–Kier alpha value is -2.20. The second kappa shape index (κ2) is 5.30. The van der Waals surface area contributed by atoms with Gasteiger partial charge in [0.05, 0.1) is 11.2 Å². The Morgan fingerprint density at radius 2 is 1.95 bits per heavy atom. The molecule has 0 aliphatic rings. The minimum Gasteiger partial charge on any atom is -0.326 e. The van der Waals surface area contributed by atoms with Crippen molar-refractivity contribution in [1.82, 2.24) is 14.8 Å². The van der Waals surface area contributed by atoms with Crippen LogP contribution in [-0.2, 0) is 13.0 Å². The molecule has 0 aliphatic carbocycles. The lowest BCUT2D eigenvalue weighted by Gasteiger charge is -2.09. The summed E-state index contributed by atoms with van der Waals surface area (Å²) in [5, 5.41) is 5.76. The summed E-state index contributed by atoms with van der Waals surface area (Å²) in [5.74, 6) is 0.842. The summed E-state index contributed by atoms with van der Waals surface area (Å²) < 4.78 is 1.93. The zero-order valence-corrected chi connectivity index (χ0v) is 12.7. The van der Waals surface area contributed by atoms with Crippen molar-refractivity contribution in [2.45, 2.75) is 33.7 Å². The van der Waals surface area contributed by atoms with Crippen LogP contribution in [0.3, 0.4) is 0 Å². The van der Waals surface area contributed by atoms with Crippen LogP contribution < -0.4 is 5.73 Å². The molecule has 0 radical (unpaired) electrons. The topological polar surface area (TPSA) is 56.7 Å². The van der Waals surface area contributed by atoms with Gasteiger partial charge in [0.25, 0.3) is 0 Å². The summed E-state index contributed by atoms with van der Waals surface area (Å²) in [7, 11) is 0. The number of aryl methyl sites for hydroxylation is 1. The Morgan fingerprint density at radius 1 is 1.19 bits per heavy atom. The van der Waals surface area contributed by atoms with Gasteiger partial charge in [-0.3, -0.25) is 0 Å². The monoisotopic (exact) mass is 280 g/mol. The Morgan fingerprint density at radius 3 is 2.62 bits per heavy atom. The Labute approximate surface area is 124 Å². The molecular weight excluding hydrogens is 260 g/mol. The van der Waals surface area contributed by atoms with Crippen molar-refractivity contribution in [3.8, 4) is 5.82 Å². The number of pyridine rings is 1. The zero-order chi connectivity index (χ0) is 15.0. The molecule has 0 fully saturated rings. The number of nitrogens with zero attached hydrogens (tertiary/aromatic N) is 3. The van der Waals surface area contributed by atoms with E-state index in [1.54, 1.807) is 0 Å². The number of rotatable bonds is 3. The maximum Gasteiger partial charge on any atom is 0.154 e. The van der Waals surface area contributed by atoms with E-state index in [1.807, 2.05) is 35.9 Å². The molecule has 0 aliphatic heterocycles. The van der Waals surface area contributed by atoms with E-state index in [2.05, 4.69) is 25.0 Å². The lowest BCUT2D eigenvalue weighted by atomic mass is 10.1. The highest BCUT2D eigenvalue weighted by Crippen LogP contribution is 2.22. The number of nitrogens with two attached hydrogens (primary N) is 1. The third-order valence-corrected chi connectivity index (χ3v) is 4.02. The Kier molecular flexibility index (Phi) is 3.47. The predicted octanol–water partition coefficient (Wildman–Crippen LogP) is 3.06. The van der Waals surface area contributed by atoms with E-state index in [0.717, 1.165) is 40.1 Å². The summed E-state index contributed by atoms with van der Waals surface area (Å²) in [6.45, 7) is 6.79. The smallest absolute Gasteiger partial charge is 0.154 e. The molecule has 4 heteroatoms. The fourth-order valence-corrected chi connectivity index (χ4v) is 2.92. The van der Waals surface area contributed by atoms with Crippen molar-refractivity contribution in [2.75, 3.05) is 0 Å². The first kappa shape index (κ1) is 13.8. The van der Waals surface area contributed by atoms with Gasteiger partial charge >= 0.3 is 0 Å². The van der Waals surface area contributed by atoms with E-state index in [4.69, 9.17) is 10.7 Å². The fraction of sp³-hybridized carbons (Fsp3) is 0.294. The van der Waals surface area contributed by atoms with E-state index < -0.39 is 0 Å². The van der Waals surface area contributed by atoms with Crippen LogP contribution >= 0.6 is 0 Å². The molecule has 0 atom stereocenters. The largest absolute Gasteiger partial charge is 0.326 e. The highest BCUT2D eigenvalue weighted by molar-refractivity contribution is 5.83. The predicted molar refractivity (Wildman–Crippen MR) is 85.6 cm³/mol. The third kappa shape index (κ3) is 2.21. The standard InChI is InChI=1S/C17H20N4/c1-4-14-11(2)20-21(12(14)3)17-9-13(10-18)15-7-5-6-8-16(15)19-17/h5-9H,4,10,18H2,1-3H3. The first-order valence-corrected chi connectivity index (χ1v) is 7.30. The summed E-state index contributed by atoms with van der Waals surface area (Å²) in [5.41, 5.74) is 11.5. The van der Waals surface area contributed by atoms with E-state index in [-0.39, 0.29) is 0 Å². The Balaban J connectivity index is 2.26. The molecule has 3 aromatic rings. The molecule has 2 N–H and O–H groups in total. The minimum absolute atomic E-state index is 0.496. The molecule has 0 saturated carbocycles. The quantitative estimate of drug-likeness (QED) is 0.802. The van der Waals surface area contributed by atoms with Gasteiger partial charge in [-0.05, 0) is 43.5 Å². The molecule has 0 spiro atoms. The summed E-state index contributed by atoms with van der Waals surface area (Å²) in [6, 6.07) is 10.1. The molecule has 4 nitrogen and oxygen atoms in total. The Bertz CT molecular complexity index is 802. The average Bonchev–Trinajstić information content (AvgIpc) is 2.80. The van der Waals surface area contributed by atoms with Gasteiger partial charge < -0.3 is 5.73 Å². The van der Waals surface area contributed by atoms with Gasteiger partial charge in [0.1, 0.15) is 0 Å². The lowest BCUT2D eigenvalue weighted by molar-refractivity contribution is 0.807. The number of fused-ring (bicyclic) bond motifs is 1. The van der Waals surface area contributed by atoms with Crippen molar-refractivity contribution < 1.29 is 0 Å². The molecule has 2 aromatic heterocycles. The number of aromatic nitrogens is 3. The van der Waals surface area contributed by atoms with Crippen LogP contribution in [0, 0.1) is 13.8 Å². The van der Waals surface area contributed by atoms with E-state index >= 15 is 0 Å². The van der Waals surface area contributed by atoms with Crippen LogP contribution in [0.15, 0.2) is 30.3 Å². The molecule has 1 aromatic carbocycles. The van der Waals surface area contributed by atoms with E-state index in [9.17, 15) is 0 Å². The van der Waals surface area contributed by atoms with Gasteiger partial charge in [-0.25, -0.2) is 9.67 Å². The molecule has 0 bridgehead atoms. The molecule has 108 valence electrons. The van der Waals surface area contributed by atoms with Crippen LogP contribution in [-0.4, -0.2) is 14.8 Å². The zero-order valence-electron chi connectivity index (χ0n) is 12.7. The number of hydrogen-bond acceptors (Lipinski definition) is 3. The molecule has 3 rings (SSSR count). The minimum atomic E-state index is 0.496. The van der Waals surface area contributed by atoms with Gasteiger partial charge in [-0.15, -0.1) is 0 Å². The van der Waals surface area contributed by atoms with Gasteiger partial charge in [-0.2, -0.15) is 5.10 Å². The molecule has 21 heavy (non-hydrogen) atoms. The highest BCUT2D eigenvalue weighted by Gasteiger charge is 2.13. The van der Waals surface area contributed by atoms with Crippen LogP contribution in [0.25, 0.3) is 16.7 Å². The molecule has 0 saturated heterocycles. The number of benzene rings is 1. The van der Waals surface area contributed by atoms with Crippen LogP contribution in [0.5, 0.6) is 0 Å². The van der Waals surface area contributed by atoms with Crippen molar-refractivity contribution in [3.63, 3.8) is 0 Å². The highest BCUT2D eigenvalue weighted by atomic mass is 15.3. The first-order valence-electron chi connectivity index (χ1n) is 7.30. The maximum absolute atomic E-state index is 5.90. The van der Waals surface area contributed by atoms with Crippen molar-refractivity contribution in [3.05, 3.63) is 52.8 Å². The average molecular weight is 280 g/mol. The van der Waals surface area contributed by atoms with E-state index in [1.165, 1.54) is 5.56 Å². The van der Waals surface area contributed by atoms with Gasteiger partial charge in [0.2, 0.25) is 0 Å². The number of para-hydroxylation sites is 1. The summed E-state index contributed by atoms with van der Waals surface area (Å²) >= 11 is 0. The van der Waals surface area contributed by atoms with Crippen LogP contribution in [0.4, 0.5) is 0 Å². The summed E-state index contributed by atoms with van der Waals surface area (Å²) in [6.07, 6.45) is 0.981. The van der Waals surface area contributed by atoms with E-state index in [0.29, 0.717) is 6.54 Å². The summed E-state index contributed by atoms with van der Waals surface area (Å²) in [4.78, 5) is 4.75. The second-order valence-corrected chi connectivity index (χ2v) is 5.28. The van der Waals surface area contributed by atoms with Gasteiger partial charge in [-0.1, -0.05) is 25.1 Å². The van der Waals surface area contributed by atoms with Crippen molar-refractivity contribution in [2.24, 2.45) is 5.73 Å². The third-order valence-electron chi connectivity index (χ3n) is 4.02. The molecule has 2 heterocycles. The first-order chi connectivity index (χ1) is 10.2. The van der Waals surface area contributed by atoms with Crippen LogP contribution in [0.1, 0.15) is 29.4 Å². The SMILES string of the molecule is CCc1c(C)nn(-c2cc(CN)c3ccccc3n2)c1C. The molecule has 0 amide bonds. The second-order valence-electron chi connectivity index (χ2n) is 5.28. The fourth-order valence-electron chi connectivity index (χ4n) is 2.92. The van der Waals surface area contributed by atoms with Crippen molar-refractivity contribution >= 4 is 10.9 Å². The number of hydrogen-bond donors (Lipinski definition) is 1. The van der Waals surface area contributed by atoms with Gasteiger partial charge in [0.15, 0.2) is 5.82 Å². The maximum atomic E-state index is 5.90. The molecule has 0 unspecified atom stereocenters. The van der Waals surface area contributed by atoms with Crippen LogP contribution in [0.2, 0.25) is 0 Å². The molecular formula is C17H20N4. The lowest BCUT2D eigenvalue weighted by Crippen LogP contribution is -2.06. The van der Waals surface area contributed by atoms with Crippen molar-refractivity contribution in [1.29, 1.82) is 0 Å². The van der Waals surface area contributed by atoms with Gasteiger partial charge in [0, 0.05) is 17.6 Å². The normalized spacial score (nSPS) is 11.2.